The third kappa shape index (κ3) is 3.84. The molecule has 2 heteroatoms. The van der Waals surface area contributed by atoms with Gasteiger partial charge in [-0.05, 0) is 30.5 Å². The summed E-state index contributed by atoms with van der Waals surface area (Å²) in [6, 6.07) is 8.62. The van der Waals surface area contributed by atoms with Crippen molar-refractivity contribution in [2.45, 2.75) is 39.7 Å². The first kappa shape index (κ1) is 14.1. The molecule has 2 rings (SSSR count). The van der Waals surface area contributed by atoms with Gasteiger partial charge in [0.2, 0.25) is 0 Å². The number of unbranched alkanes of at least 4 members (excludes halogenated alkanes) is 1. The van der Waals surface area contributed by atoms with E-state index in [-0.39, 0.29) is 0 Å². The molecule has 0 spiro atoms. The van der Waals surface area contributed by atoms with Gasteiger partial charge in [0.05, 0.1) is 0 Å². The second kappa shape index (κ2) is 6.76. The Morgan fingerprint density at radius 3 is 2.74 bits per heavy atom. The van der Waals surface area contributed by atoms with Crippen molar-refractivity contribution < 1.29 is 0 Å². The van der Waals surface area contributed by atoms with Gasteiger partial charge in [-0.1, -0.05) is 44.9 Å². The van der Waals surface area contributed by atoms with E-state index in [0.717, 1.165) is 19.0 Å². The van der Waals surface area contributed by atoms with E-state index in [0.29, 0.717) is 0 Å². The van der Waals surface area contributed by atoms with Crippen LogP contribution in [-0.2, 0) is 13.6 Å². The van der Waals surface area contributed by atoms with Crippen molar-refractivity contribution in [3.8, 4) is 0 Å². The smallest absolute Gasteiger partial charge is 0.0481 e. The van der Waals surface area contributed by atoms with Crippen LogP contribution in [-0.4, -0.2) is 11.1 Å². The molecule has 104 valence electrons. The Kier molecular flexibility index (Phi) is 5.03. The monoisotopic (exact) mass is 258 g/mol. The second-order valence-corrected chi connectivity index (χ2v) is 5.85. The van der Waals surface area contributed by atoms with Gasteiger partial charge in [0, 0.05) is 30.7 Å². The van der Waals surface area contributed by atoms with Gasteiger partial charge in [-0.2, -0.15) is 0 Å². The number of nitrogens with zero attached hydrogens (tertiary/aromatic N) is 1. The van der Waals surface area contributed by atoms with E-state index >= 15 is 0 Å². The maximum absolute atomic E-state index is 3.57. The Balaban J connectivity index is 1.82. The van der Waals surface area contributed by atoms with Crippen molar-refractivity contribution in [2.24, 2.45) is 13.0 Å². The highest BCUT2D eigenvalue weighted by Gasteiger charge is 2.04. The molecule has 0 saturated heterocycles. The molecule has 0 atom stereocenters. The lowest BCUT2D eigenvalue weighted by molar-refractivity contribution is 0.521. The van der Waals surface area contributed by atoms with Crippen LogP contribution in [0.15, 0.2) is 30.5 Å². The fourth-order valence-corrected chi connectivity index (χ4v) is 2.59. The predicted octanol–water partition coefficient (Wildman–Crippen LogP) is 4.09. The van der Waals surface area contributed by atoms with Crippen LogP contribution < -0.4 is 5.32 Å². The zero-order valence-electron chi connectivity index (χ0n) is 12.4. The van der Waals surface area contributed by atoms with Crippen molar-refractivity contribution in [3.63, 3.8) is 0 Å². The lowest BCUT2D eigenvalue weighted by Gasteiger charge is -2.06. The Bertz CT molecular complexity index is 511. The molecular formula is C17H26N2. The summed E-state index contributed by atoms with van der Waals surface area (Å²) in [6.45, 7) is 6.69. The van der Waals surface area contributed by atoms with Crippen LogP contribution in [0.4, 0.5) is 0 Å². The first-order valence-corrected chi connectivity index (χ1v) is 7.42. The van der Waals surface area contributed by atoms with Gasteiger partial charge in [0.15, 0.2) is 0 Å². The fraction of sp³-hybridized carbons (Fsp3) is 0.529. The number of aryl methyl sites for hydroxylation is 1. The molecule has 1 N–H and O–H groups in total. The highest BCUT2D eigenvalue weighted by Crippen LogP contribution is 2.19. The molecule has 2 aromatic rings. The Morgan fingerprint density at radius 2 is 1.95 bits per heavy atom. The third-order valence-electron chi connectivity index (χ3n) is 3.68. The average Bonchev–Trinajstić information content (AvgIpc) is 2.71. The number of benzene rings is 1. The van der Waals surface area contributed by atoms with E-state index in [4.69, 9.17) is 0 Å². The van der Waals surface area contributed by atoms with Gasteiger partial charge in [0.25, 0.3) is 0 Å². The number of aromatic nitrogens is 1. The van der Waals surface area contributed by atoms with Crippen molar-refractivity contribution in [1.29, 1.82) is 0 Å². The molecule has 1 aromatic carbocycles. The van der Waals surface area contributed by atoms with Crippen LogP contribution in [0.1, 0.15) is 38.7 Å². The summed E-state index contributed by atoms with van der Waals surface area (Å²) in [7, 11) is 2.12. The van der Waals surface area contributed by atoms with Crippen LogP contribution in [0.5, 0.6) is 0 Å². The number of nitrogens with one attached hydrogen (secondary N) is 1. The van der Waals surface area contributed by atoms with Crippen molar-refractivity contribution in [2.75, 3.05) is 6.54 Å². The normalized spacial score (nSPS) is 11.6. The van der Waals surface area contributed by atoms with Gasteiger partial charge in [-0.25, -0.2) is 0 Å². The van der Waals surface area contributed by atoms with Crippen LogP contribution in [0, 0.1) is 5.92 Å². The maximum atomic E-state index is 3.57. The lowest BCUT2D eigenvalue weighted by Crippen LogP contribution is -2.14. The van der Waals surface area contributed by atoms with Crippen LogP contribution in [0.2, 0.25) is 0 Å². The summed E-state index contributed by atoms with van der Waals surface area (Å²) >= 11 is 0. The SMILES string of the molecule is CC(C)CCCCNCc1cn(C)c2ccccc12. The summed E-state index contributed by atoms with van der Waals surface area (Å²) in [4.78, 5) is 0. The summed E-state index contributed by atoms with van der Waals surface area (Å²) in [6.07, 6.45) is 6.20. The molecule has 2 nitrogen and oxygen atoms in total. The Morgan fingerprint density at radius 1 is 1.16 bits per heavy atom. The van der Waals surface area contributed by atoms with Crippen LogP contribution in [0.3, 0.4) is 0 Å². The second-order valence-electron chi connectivity index (χ2n) is 5.85. The molecule has 0 radical (unpaired) electrons. The highest BCUT2D eigenvalue weighted by molar-refractivity contribution is 5.83. The molecule has 0 amide bonds. The lowest BCUT2D eigenvalue weighted by atomic mass is 10.1. The number of hydrogen-bond donors (Lipinski definition) is 1. The van der Waals surface area contributed by atoms with Crippen LogP contribution in [0.25, 0.3) is 10.9 Å². The van der Waals surface area contributed by atoms with E-state index in [1.807, 2.05) is 0 Å². The molecule has 0 bridgehead atoms. The molecule has 19 heavy (non-hydrogen) atoms. The van der Waals surface area contributed by atoms with E-state index in [2.05, 4.69) is 61.2 Å². The van der Waals surface area contributed by atoms with Gasteiger partial charge in [-0.3, -0.25) is 0 Å². The largest absolute Gasteiger partial charge is 0.350 e. The van der Waals surface area contributed by atoms with E-state index in [1.165, 1.54) is 35.7 Å². The number of para-hydroxylation sites is 1. The number of hydrogen-bond acceptors (Lipinski definition) is 1. The average molecular weight is 258 g/mol. The first-order chi connectivity index (χ1) is 9.18. The zero-order valence-corrected chi connectivity index (χ0v) is 12.4. The van der Waals surface area contributed by atoms with Gasteiger partial charge in [-0.15, -0.1) is 0 Å². The molecule has 0 aliphatic heterocycles. The molecule has 0 aliphatic rings. The third-order valence-corrected chi connectivity index (χ3v) is 3.68. The topological polar surface area (TPSA) is 17.0 Å². The quantitative estimate of drug-likeness (QED) is 0.740. The number of rotatable bonds is 7. The van der Waals surface area contributed by atoms with E-state index in [1.54, 1.807) is 0 Å². The molecular weight excluding hydrogens is 232 g/mol. The van der Waals surface area contributed by atoms with E-state index in [9.17, 15) is 0 Å². The fourth-order valence-electron chi connectivity index (χ4n) is 2.59. The summed E-state index contributed by atoms with van der Waals surface area (Å²) in [5.74, 6) is 0.832. The molecule has 0 unspecified atom stereocenters. The minimum atomic E-state index is 0.832. The van der Waals surface area contributed by atoms with Crippen molar-refractivity contribution >= 4 is 10.9 Å². The molecule has 0 saturated carbocycles. The van der Waals surface area contributed by atoms with Gasteiger partial charge < -0.3 is 9.88 Å². The van der Waals surface area contributed by atoms with Crippen molar-refractivity contribution in [1.82, 2.24) is 9.88 Å². The summed E-state index contributed by atoms with van der Waals surface area (Å²) in [5.41, 5.74) is 2.72. The van der Waals surface area contributed by atoms with Gasteiger partial charge >= 0.3 is 0 Å². The van der Waals surface area contributed by atoms with E-state index < -0.39 is 0 Å². The minimum absolute atomic E-state index is 0.832. The maximum Gasteiger partial charge on any atom is 0.0481 e. The molecule has 0 aliphatic carbocycles. The Labute approximate surface area is 116 Å². The standard InChI is InChI=1S/C17H26N2/c1-14(2)8-6-7-11-18-12-15-13-19(3)17-10-5-4-9-16(15)17/h4-5,9-10,13-14,18H,6-8,11-12H2,1-3H3. The molecule has 0 fully saturated rings. The van der Waals surface area contributed by atoms with Crippen molar-refractivity contribution in [3.05, 3.63) is 36.0 Å². The van der Waals surface area contributed by atoms with Gasteiger partial charge in [0.1, 0.15) is 0 Å². The highest BCUT2D eigenvalue weighted by atomic mass is 14.9. The zero-order chi connectivity index (χ0) is 13.7. The summed E-state index contributed by atoms with van der Waals surface area (Å²) < 4.78 is 2.21. The minimum Gasteiger partial charge on any atom is -0.350 e. The first-order valence-electron chi connectivity index (χ1n) is 7.42. The Hall–Kier alpha value is -1.28. The predicted molar refractivity (Wildman–Crippen MR) is 83.3 cm³/mol. The van der Waals surface area contributed by atoms with Crippen LogP contribution >= 0.6 is 0 Å². The molecule has 1 aromatic heterocycles. The molecule has 1 heterocycles. The summed E-state index contributed by atoms with van der Waals surface area (Å²) in [5, 5.41) is 4.94. The number of fused-ring (bicyclic) bond motifs is 1.